The van der Waals surface area contributed by atoms with Crippen molar-refractivity contribution in [3.63, 3.8) is 0 Å². The average molecular weight is 192 g/mol. The zero-order valence-electron chi connectivity index (χ0n) is 7.72. The highest BCUT2D eigenvalue weighted by Crippen LogP contribution is 2.19. The Labute approximate surface area is 74.9 Å². The third-order valence-electron chi connectivity index (χ3n) is 1.84. The monoisotopic (exact) mass is 192 g/mol. The van der Waals surface area contributed by atoms with Crippen LogP contribution in [0.3, 0.4) is 0 Å². The van der Waals surface area contributed by atoms with Crippen molar-refractivity contribution in [1.29, 1.82) is 0 Å². The third kappa shape index (κ3) is 2.85. The quantitative estimate of drug-likeness (QED) is 0.478. The summed E-state index contributed by atoms with van der Waals surface area (Å²) in [6.07, 6.45) is -0.799. The Morgan fingerprint density at radius 3 is 2.08 bits per heavy atom. The molecule has 76 valence electrons. The van der Waals surface area contributed by atoms with Crippen molar-refractivity contribution in [2.45, 2.75) is 38.8 Å². The van der Waals surface area contributed by atoms with Crippen molar-refractivity contribution in [3.05, 3.63) is 20.2 Å². The molecule has 0 saturated heterocycles. The van der Waals surface area contributed by atoms with Gasteiger partial charge in [-0.15, -0.1) is 10.1 Å². The Bertz CT molecular complexity index is 215. The smallest absolute Gasteiger partial charge is 0.295 e. The lowest BCUT2D eigenvalue weighted by Crippen LogP contribution is -2.45. The summed E-state index contributed by atoms with van der Waals surface area (Å²) in [4.78, 5) is 24.1. The topological polar surface area (TPSA) is 95.5 Å². The zero-order valence-corrected chi connectivity index (χ0v) is 7.72. The van der Waals surface area contributed by atoms with Crippen LogP contribution >= 0.6 is 0 Å². The number of nitro groups is 1. The van der Waals surface area contributed by atoms with Gasteiger partial charge in [0.05, 0.1) is 0 Å². The fraction of sp³-hybridized carbons (Fsp3) is 1.00. The molecule has 0 aromatic carbocycles. The van der Waals surface area contributed by atoms with Crippen molar-refractivity contribution >= 4 is 0 Å². The lowest BCUT2D eigenvalue weighted by atomic mass is 9.96. The summed E-state index contributed by atoms with van der Waals surface area (Å²) in [6.45, 7) is 4.19. The van der Waals surface area contributed by atoms with E-state index >= 15 is 0 Å². The molecule has 0 radical (unpaired) electrons. The Balaban J connectivity index is 4.55. The van der Waals surface area contributed by atoms with Gasteiger partial charge in [0.15, 0.2) is 6.10 Å². The Hall–Kier alpha value is -1.40. The second-order valence-electron chi connectivity index (χ2n) is 3.14. The molecule has 0 N–H and O–H groups in total. The van der Waals surface area contributed by atoms with Crippen LogP contribution in [0.4, 0.5) is 0 Å². The molecule has 1 unspecified atom stereocenters. The van der Waals surface area contributed by atoms with Gasteiger partial charge in [0, 0.05) is 18.8 Å². The van der Waals surface area contributed by atoms with Crippen molar-refractivity contribution in [2.75, 3.05) is 0 Å². The summed E-state index contributed by atoms with van der Waals surface area (Å²) in [5.41, 5.74) is -1.44. The van der Waals surface area contributed by atoms with Gasteiger partial charge in [-0.2, -0.15) is 0 Å². The van der Waals surface area contributed by atoms with E-state index in [4.69, 9.17) is 0 Å². The minimum atomic E-state index is -1.44. The van der Waals surface area contributed by atoms with Crippen LogP contribution in [0.5, 0.6) is 0 Å². The molecule has 0 saturated carbocycles. The van der Waals surface area contributed by atoms with Gasteiger partial charge in [0.1, 0.15) is 0 Å². The number of hydrogen-bond donors (Lipinski definition) is 0. The highest BCUT2D eigenvalue weighted by Gasteiger charge is 2.42. The zero-order chi connectivity index (χ0) is 10.6. The fourth-order valence-corrected chi connectivity index (χ4v) is 0.925. The van der Waals surface area contributed by atoms with Crippen molar-refractivity contribution in [1.82, 2.24) is 0 Å². The van der Waals surface area contributed by atoms with Gasteiger partial charge >= 0.3 is 0 Å². The highest BCUT2D eigenvalue weighted by molar-refractivity contribution is 4.76. The first kappa shape index (κ1) is 11.6. The molecule has 13 heavy (non-hydrogen) atoms. The van der Waals surface area contributed by atoms with Crippen LogP contribution < -0.4 is 0 Å². The number of rotatable bonds is 5. The van der Waals surface area contributed by atoms with E-state index in [2.05, 4.69) is 4.84 Å². The maximum atomic E-state index is 10.5. The summed E-state index contributed by atoms with van der Waals surface area (Å²) in [6, 6.07) is 0. The van der Waals surface area contributed by atoms with E-state index in [-0.39, 0.29) is 6.42 Å². The van der Waals surface area contributed by atoms with Gasteiger partial charge < -0.3 is 4.84 Å². The fourth-order valence-electron chi connectivity index (χ4n) is 0.925. The molecule has 0 aliphatic rings. The van der Waals surface area contributed by atoms with Gasteiger partial charge in [0.25, 0.3) is 5.09 Å². The standard InChI is InChI=1S/C6H12N2O5/c1-4-5(13-8(11)12)6(2,3)7(9)10/h5H,4H2,1-3H3. The Kier molecular flexibility index (Phi) is 3.58. The van der Waals surface area contributed by atoms with Crippen molar-refractivity contribution in [3.8, 4) is 0 Å². The van der Waals surface area contributed by atoms with E-state index in [0.717, 1.165) is 0 Å². The molecule has 7 heteroatoms. The summed E-state index contributed by atoms with van der Waals surface area (Å²) in [5.74, 6) is 0. The lowest BCUT2D eigenvalue weighted by molar-refractivity contribution is -0.783. The first-order valence-electron chi connectivity index (χ1n) is 3.78. The molecule has 0 aliphatic heterocycles. The minimum Gasteiger partial charge on any atom is -0.303 e. The molecule has 0 bridgehead atoms. The summed E-state index contributed by atoms with van der Waals surface area (Å²) in [7, 11) is 0. The van der Waals surface area contributed by atoms with Crippen LogP contribution in [0.25, 0.3) is 0 Å². The highest BCUT2D eigenvalue weighted by atomic mass is 17.0. The van der Waals surface area contributed by atoms with Gasteiger partial charge in [-0.1, -0.05) is 6.92 Å². The van der Waals surface area contributed by atoms with Crippen LogP contribution in [0.1, 0.15) is 27.2 Å². The molecule has 0 fully saturated rings. The van der Waals surface area contributed by atoms with Crippen molar-refractivity contribution in [2.24, 2.45) is 0 Å². The lowest BCUT2D eigenvalue weighted by Gasteiger charge is -2.23. The van der Waals surface area contributed by atoms with E-state index in [1.807, 2.05) is 0 Å². The summed E-state index contributed by atoms with van der Waals surface area (Å²) < 4.78 is 0. The second kappa shape index (κ2) is 4.01. The Morgan fingerprint density at radius 1 is 1.38 bits per heavy atom. The van der Waals surface area contributed by atoms with Gasteiger partial charge in [-0.05, 0) is 6.42 Å². The van der Waals surface area contributed by atoms with Crippen LogP contribution in [0.15, 0.2) is 0 Å². The van der Waals surface area contributed by atoms with Crippen LogP contribution in [0.2, 0.25) is 0 Å². The van der Waals surface area contributed by atoms with E-state index in [0.29, 0.717) is 0 Å². The molecule has 0 heterocycles. The molecule has 0 rings (SSSR count). The predicted molar refractivity (Wildman–Crippen MR) is 43.2 cm³/mol. The molecule has 0 spiro atoms. The molecule has 0 amide bonds. The van der Waals surface area contributed by atoms with Crippen LogP contribution in [-0.4, -0.2) is 21.7 Å². The molecule has 0 aliphatic carbocycles. The van der Waals surface area contributed by atoms with Crippen LogP contribution in [0, 0.1) is 20.2 Å². The van der Waals surface area contributed by atoms with Gasteiger partial charge in [0.2, 0.25) is 5.54 Å². The predicted octanol–water partition coefficient (Wildman–Crippen LogP) is 1.03. The van der Waals surface area contributed by atoms with Crippen LogP contribution in [-0.2, 0) is 4.84 Å². The first-order valence-corrected chi connectivity index (χ1v) is 3.78. The molecular formula is C6H12N2O5. The minimum absolute atomic E-state index is 0.217. The second-order valence-corrected chi connectivity index (χ2v) is 3.14. The normalized spacial score (nSPS) is 13.5. The maximum absolute atomic E-state index is 10.5. The summed E-state index contributed by atoms with van der Waals surface area (Å²) >= 11 is 0. The first-order chi connectivity index (χ1) is 5.82. The number of nitrogens with zero attached hydrogens (tertiary/aromatic N) is 2. The van der Waals surface area contributed by atoms with E-state index in [9.17, 15) is 20.2 Å². The van der Waals surface area contributed by atoms with E-state index in [1.54, 1.807) is 6.92 Å². The average Bonchev–Trinajstić information content (AvgIpc) is 1.99. The summed E-state index contributed by atoms with van der Waals surface area (Å²) in [5, 5.41) is 19.5. The SMILES string of the molecule is CCC(O[N+](=O)[O-])C(C)(C)[N+](=O)[O-]. The number of hydrogen-bond acceptors (Lipinski definition) is 5. The maximum Gasteiger partial charge on any atom is 0.295 e. The molecule has 7 nitrogen and oxygen atoms in total. The third-order valence-corrected chi connectivity index (χ3v) is 1.84. The molecule has 0 aromatic heterocycles. The largest absolute Gasteiger partial charge is 0.303 e. The Morgan fingerprint density at radius 2 is 1.85 bits per heavy atom. The molecule has 0 aromatic rings. The van der Waals surface area contributed by atoms with E-state index < -0.39 is 21.7 Å². The molecule has 1 atom stereocenters. The van der Waals surface area contributed by atoms with Gasteiger partial charge in [-0.25, -0.2) is 0 Å². The van der Waals surface area contributed by atoms with Gasteiger partial charge in [-0.3, -0.25) is 10.1 Å². The van der Waals surface area contributed by atoms with E-state index in [1.165, 1.54) is 13.8 Å². The van der Waals surface area contributed by atoms with Crippen molar-refractivity contribution < 1.29 is 14.8 Å². The molecular weight excluding hydrogens is 180 g/mol.